The van der Waals surface area contributed by atoms with E-state index in [0.29, 0.717) is 23.1 Å². The molecule has 3 aromatic heterocycles. The average molecular weight is 319 g/mol. The van der Waals surface area contributed by atoms with E-state index in [-0.39, 0.29) is 0 Å². The number of nitrogens with zero attached hydrogens (tertiary/aromatic N) is 3. The van der Waals surface area contributed by atoms with Gasteiger partial charge < -0.3 is 24.8 Å². The molecule has 0 atom stereocenters. The Labute approximate surface area is 130 Å². The van der Waals surface area contributed by atoms with E-state index >= 15 is 0 Å². The van der Waals surface area contributed by atoms with Gasteiger partial charge in [0, 0.05) is 19.3 Å². The molecular formula is C14H17N5O2S. The fourth-order valence-corrected chi connectivity index (χ4v) is 2.88. The molecule has 0 unspecified atom stereocenters. The zero-order valence-electron chi connectivity index (χ0n) is 12.5. The van der Waals surface area contributed by atoms with Crippen molar-refractivity contribution in [2.45, 2.75) is 0 Å². The van der Waals surface area contributed by atoms with Crippen LogP contribution in [0.2, 0.25) is 0 Å². The molecule has 0 aliphatic heterocycles. The Morgan fingerprint density at radius 1 is 1.36 bits per heavy atom. The second-order valence-electron chi connectivity index (χ2n) is 4.60. The highest BCUT2D eigenvalue weighted by Gasteiger charge is 2.16. The highest BCUT2D eigenvalue weighted by atomic mass is 32.1. The Morgan fingerprint density at radius 3 is 2.86 bits per heavy atom. The first-order valence-corrected chi connectivity index (χ1v) is 7.92. The zero-order valence-corrected chi connectivity index (χ0v) is 13.4. The molecule has 3 rings (SSSR count). The largest absolute Gasteiger partial charge is 0.491 e. The number of imidazole rings is 1. The molecule has 0 radical (unpaired) electrons. The summed E-state index contributed by atoms with van der Waals surface area (Å²) >= 11 is 1.11. The fraction of sp³-hybridized carbons (Fsp3) is 0.214. The number of nitrogens with two attached hydrogens (primary N) is 1. The lowest BCUT2D eigenvalue weighted by molar-refractivity contribution is 0.380. The molecule has 8 heteroatoms. The van der Waals surface area contributed by atoms with Gasteiger partial charge in [-0.05, 0) is 12.3 Å². The molecular weight excluding hydrogens is 302 g/mol. The van der Waals surface area contributed by atoms with Crippen molar-refractivity contribution in [1.29, 1.82) is 0 Å². The van der Waals surface area contributed by atoms with Gasteiger partial charge in [-0.25, -0.2) is 9.97 Å². The minimum absolute atomic E-state index is 0.393. The number of anilines is 1. The quantitative estimate of drug-likeness (QED) is 0.509. The molecule has 0 amide bonds. The van der Waals surface area contributed by atoms with Crippen LogP contribution >= 0.6 is 11.4 Å². The molecule has 0 saturated carbocycles. The van der Waals surface area contributed by atoms with Crippen LogP contribution in [-0.4, -0.2) is 32.9 Å². The Balaban J connectivity index is 2.16. The average Bonchev–Trinajstić information content (AvgIpc) is 2.84. The van der Waals surface area contributed by atoms with Crippen LogP contribution < -0.4 is 15.2 Å². The summed E-state index contributed by atoms with van der Waals surface area (Å²) in [5.74, 6) is 2.12. The summed E-state index contributed by atoms with van der Waals surface area (Å²) in [4.78, 5) is 11.6. The van der Waals surface area contributed by atoms with Gasteiger partial charge in [-0.2, -0.15) is 11.4 Å². The van der Waals surface area contributed by atoms with Crippen LogP contribution in [0.15, 0.2) is 24.5 Å². The Morgan fingerprint density at radius 2 is 2.18 bits per heavy atom. The van der Waals surface area contributed by atoms with Crippen molar-refractivity contribution in [2.75, 3.05) is 19.1 Å². The predicted octanol–water partition coefficient (Wildman–Crippen LogP) is 2.31. The number of nitrogens with one attached hydrogen (secondary N) is 1. The second kappa shape index (κ2) is 5.72. The smallest absolute Gasteiger partial charge is 0.190 e. The number of hydrogen-bond donors (Lipinski definition) is 3. The van der Waals surface area contributed by atoms with Crippen molar-refractivity contribution >= 4 is 28.3 Å². The molecule has 0 aromatic carbocycles. The molecule has 0 bridgehead atoms. The lowest BCUT2D eigenvalue weighted by Gasteiger charge is -2.11. The fourth-order valence-electron chi connectivity index (χ4n) is 2.26. The van der Waals surface area contributed by atoms with Crippen LogP contribution in [0.25, 0.3) is 11.2 Å². The Bertz CT molecular complexity index is 900. The number of aryl methyl sites for hydroxylation is 1. The minimum Gasteiger partial charge on any atom is -0.491 e. The monoisotopic (exact) mass is 319 g/mol. The van der Waals surface area contributed by atoms with Gasteiger partial charge in [0.2, 0.25) is 0 Å². The molecule has 0 aliphatic carbocycles. The van der Waals surface area contributed by atoms with Crippen molar-refractivity contribution in [3.63, 3.8) is 0 Å². The van der Waals surface area contributed by atoms with E-state index < -0.39 is 0 Å². The van der Waals surface area contributed by atoms with Crippen LogP contribution in [0.5, 0.6) is 17.2 Å². The van der Waals surface area contributed by atoms with Gasteiger partial charge in [-0.15, -0.1) is 0 Å². The summed E-state index contributed by atoms with van der Waals surface area (Å²) in [7, 11) is 3.57. The van der Waals surface area contributed by atoms with Crippen LogP contribution in [0, 0.1) is 4.77 Å². The maximum absolute atomic E-state index is 5.85. The van der Waals surface area contributed by atoms with Gasteiger partial charge in [-0.3, -0.25) is 0 Å². The molecule has 116 valence electrons. The van der Waals surface area contributed by atoms with Crippen molar-refractivity contribution < 1.29 is 9.47 Å². The molecule has 3 aromatic rings. The summed E-state index contributed by atoms with van der Waals surface area (Å²) in [5.41, 5.74) is 7.28. The second-order valence-corrected chi connectivity index (χ2v) is 5.47. The first kappa shape index (κ1) is 14.5. The van der Waals surface area contributed by atoms with E-state index in [9.17, 15) is 0 Å². The lowest BCUT2D eigenvalue weighted by atomic mass is 10.3. The van der Waals surface area contributed by atoms with Crippen molar-refractivity contribution in [3.8, 4) is 17.2 Å². The number of H-pyrrole nitrogens is 1. The third-order valence-corrected chi connectivity index (χ3v) is 4.09. The van der Waals surface area contributed by atoms with Gasteiger partial charge in [0.05, 0.1) is 13.3 Å². The summed E-state index contributed by atoms with van der Waals surface area (Å²) < 4.78 is 14.4. The molecule has 3 heterocycles. The maximum Gasteiger partial charge on any atom is 0.190 e. The highest BCUT2D eigenvalue weighted by Crippen LogP contribution is 2.36. The topological polar surface area (TPSA) is 91.0 Å². The molecule has 0 fully saturated rings. The van der Waals surface area contributed by atoms with Crippen molar-refractivity contribution in [3.05, 3.63) is 29.3 Å². The molecule has 0 aliphatic rings. The summed E-state index contributed by atoms with van der Waals surface area (Å²) in [6, 6.07) is 3.38. The number of fused-ring (bicyclic) bond motifs is 1. The summed E-state index contributed by atoms with van der Waals surface area (Å²) in [6.07, 6.45) is 5.27. The number of pyridine rings is 2. The van der Waals surface area contributed by atoms with Crippen LogP contribution in [0.1, 0.15) is 0 Å². The number of hydrogen-bond acceptors (Lipinski definition) is 5. The van der Waals surface area contributed by atoms with Gasteiger partial charge in [0.25, 0.3) is 0 Å². The first-order valence-electron chi connectivity index (χ1n) is 6.58. The summed E-state index contributed by atoms with van der Waals surface area (Å²) in [5, 5.41) is 0. The van der Waals surface area contributed by atoms with Crippen molar-refractivity contribution in [1.82, 2.24) is 19.5 Å². The molecule has 0 spiro atoms. The normalized spacial score (nSPS) is 12.2. The Hall–Kier alpha value is -2.48. The van der Waals surface area contributed by atoms with Gasteiger partial charge in [-0.1, -0.05) is 0 Å². The van der Waals surface area contributed by atoms with E-state index in [4.69, 9.17) is 15.2 Å². The van der Waals surface area contributed by atoms with Crippen LogP contribution in [0.3, 0.4) is 0 Å². The van der Waals surface area contributed by atoms with Crippen molar-refractivity contribution in [2.24, 2.45) is 7.05 Å². The SMILES string of the molecule is COc1c(Oc2ccnc(N)c2)cnc2[nH]/c(=[SH]\C)n(C)c12. The number of nitrogen functional groups attached to an aromatic ring is 1. The van der Waals surface area contributed by atoms with Crippen LogP contribution in [0.4, 0.5) is 5.82 Å². The van der Waals surface area contributed by atoms with Gasteiger partial charge >= 0.3 is 0 Å². The number of rotatable bonds is 3. The lowest BCUT2D eigenvalue weighted by Crippen LogP contribution is -1.97. The highest BCUT2D eigenvalue weighted by molar-refractivity contribution is 7.90. The van der Waals surface area contributed by atoms with E-state index in [1.54, 1.807) is 31.6 Å². The number of thiol groups is 1. The van der Waals surface area contributed by atoms with Gasteiger partial charge in [0.15, 0.2) is 17.1 Å². The minimum atomic E-state index is 0.393. The summed E-state index contributed by atoms with van der Waals surface area (Å²) in [6.45, 7) is 0. The van der Waals surface area contributed by atoms with E-state index in [1.807, 2.05) is 17.9 Å². The molecule has 22 heavy (non-hydrogen) atoms. The maximum atomic E-state index is 5.85. The van der Waals surface area contributed by atoms with Crippen LogP contribution in [-0.2, 0) is 7.05 Å². The number of ether oxygens (including phenoxy) is 2. The third kappa shape index (κ3) is 2.41. The molecule has 7 nitrogen and oxygen atoms in total. The zero-order chi connectivity index (χ0) is 15.7. The standard InChI is InChI=1S/C14H17N5O2S/c1-19-11-12(20-2)9(7-17-13(11)18-14(19)22-3)21-8-4-5-16-10(15)6-8/h4-7,22H,1-3H3,(H2,15,16)(H,17,18). The number of aromatic nitrogens is 4. The number of aromatic amines is 1. The molecule has 0 saturated heterocycles. The van der Waals surface area contributed by atoms with E-state index in [1.165, 1.54) is 0 Å². The number of methoxy groups -OCH3 is 1. The van der Waals surface area contributed by atoms with E-state index in [0.717, 1.165) is 27.3 Å². The first-order chi connectivity index (χ1) is 10.6. The van der Waals surface area contributed by atoms with Gasteiger partial charge in [0.1, 0.15) is 21.9 Å². The third-order valence-electron chi connectivity index (χ3n) is 3.25. The molecule has 3 N–H and O–H groups in total. The van der Waals surface area contributed by atoms with E-state index in [2.05, 4.69) is 15.0 Å². The predicted molar refractivity (Wildman–Crippen MR) is 88.5 cm³/mol. The Kier molecular flexibility index (Phi) is 3.76.